The van der Waals surface area contributed by atoms with Crippen molar-refractivity contribution < 1.29 is 14.6 Å². The average Bonchev–Trinajstić information content (AvgIpc) is 2.95. The Kier molecular flexibility index (Phi) is 2.52. The molecule has 1 fully saturated rings. The number of pyridine rings is 1. The SMILES string of the molecule is Cn1c(C2CCC(C(=O)O)O2)nc2cnccc21. The van der Waals surface area contributed by atoms with Crippen LogP contribution < -0.4 is 0 Å². The number of carbonyl (C=O) groups is 1. The molecule has 1 saturated heterocycles. The van der Waals surface area contributed by atoms with Crippen molar-refractivity contribution >= 4 is 17.0 Å². The number of aromatic nitrogens is 3. The number of hydrogen-bond acceptors (Lipinski definition) is 4. The number of aliphatic carboxylic acids is 1. The third-order valence-electron chi connectivity index (χ3n) is 3.30. The predicted octanol–water partition coefficient (Wildman–Crippen LogP) is 1.27. The summed E-state index contributed by atoms with van der Waals surface area (Å²) in [7, 11) is 1.90. The Bertz CT molecular complexity index is 608. The lowest BCUT2D eigenvalue weighted by atomic mass is 10.2. The Balaban J connectivity index is 1.96. The molecule has 3 rings (SSSR count). The van der Waals surface area contributed by atoms with Crippen molar-refractivity contribution in [1.82, 2.24) is 14.5 Å². The third kappa shape index (κ3) is 1.65. The van der Waals surface area contributed by atoms with Crippen LogP contribution in [0, 0.1) is 0 Å². The maximum absolute atomic E-state index is 10.9. The fourth-order valence-electron chi connectivity index (χ4n) is 2.37. The first-order valence-electron chi connectivity index (χ1n) is 5.81. The van der Waals surface area contributed by atoms with Gasteiger partial charge in [0.05, 0.1) is 11.7 Å². The summed E-state index contributed by atoms with van der Waals surface area (Å²) in [6, 6.07) is 1.88. The summed E-state index contributed by atoms with van der Waals surface area (Å²) >= 11 is 0. The maximum Gasteiger partial charge on any atom is 0.332 e. The highest BCUT2D eigenvalue weighted by molar-refractivity contribution is 5.75. The molecule has 1 aliphatic heterocycles. The van der Waals surface area contributed by atoms with Gasteiger partial charge in [-0.1, -0.05) is 0 Å². The standard InChI is InChI=1S/C12H13N3O3/c1-15-8-4-5-13-6-7(8)14-11(15)9-2-3-10(18-9)12(16)17/h4-6,9-10H,2-3H2,1H3,(H,16,17). The van der Waals surface area contributed by atoms with Crippen LogP contribution in [0.25, 0.3) is 11.0 Å². The van der Waals surface area contributed by atoms with E-state index < -0.39 is 12.1 Å². The summed E-state index contributed by atoms with van der Waals surface area (Å²) in [5, 5.41) is 8.92. The average molecular weight is 247 g/mol. The first-order chi connectivity index (χ1) is 8.66. The summed E-state index contributed by atoms with van der Waals surface area (Å²) in [5.41, 5.74) is 1.78. The van der Waals surface area contributed by atoms with E-state index in [0.29, 0.717) is 12.8 Å². The van der Waals surface area contributed by atoms with Crippen molar-refractivity contribution in [2.24, 2.45) is 7.05 Å². The molecule has 0 spiro atoms. The fourth-order valence-corrected chi connectivity index (χ4v) is 2.37. The lowest BCUT2D eigenvalue weighted by Crippen LogP contribution is -2.19. The van der Waals surface area contributed by atoms with Gasteiger partial charge in [0.25, 0.3) is 0 Å². The molecule has 6 nitrogen and oxygen atoms in total. The van der Waals surface area contributed by atoms with E-state index in [1.165, 1.54) is 0 Å². The van der Waals surface area contributed by atoms with E-state index in [1.807, 2.05) is 17.7 Å². The van der Waals surface area contributed by atoms with E-state index in [9.17, 15) is 4.79 Å². The topological polar surface area (TPSA) is 77.2 Å². The van der Waals surface area contributed by atoms with Crippen molar-refractivity contribution in [3.05, 3.63) is 24.3 Å². The van der Waals surface area contributed by atoms with Crippen LogP contribution in [-0.2, 0) is 16.6 Å². The lowest BCUT2D eigenvalue weighted by molar-refractivity contribution is -0.149. The van der Waals surface area contributed by atoms with Gasteiger partial charge in [0, 0.05) is 13.2 Å². The van der Waals surface area contributed by atoms with Gasteiger partial charge in [-0.25, -0.2) is 9.78 Å². The Labute approximate surface area is 103 Å². The second-order valence-corrected chi connectivity index (χ2v) is 4.42. The number of rotatable bonds is 2. The molecule has 2 atom stereocenters. The Morgan fingerprint density at radius 3 is 3.06 bits per heavy atom. The van der Waals surface area contributed by atoms with Gasteiger partial charge in [-0.05, 0) is 18.9 Å². The molecule has 0 aromatic carbocycles. The second kappa shape index (κ2) is 4.06. The molecule has 2 unspecified atom stereocenters. The first kappa shape index (κ1) is 11.2. The third-order valence-corrected chi connectivity index (χ3v) is 3.30. The zero-order chi connectivity index (χ0) is 12.7. The van der Waals surface area contributed by atoms with Crippen LogP contribution in [0.5, 0.6) is 0 Å². The quantitative estimate of drug-likeness (QED) is 0.864. The molecule has 18 heavy (non-hydrogen) atoms. The van der Waals surface area contributed by atoms with Crippen molar-refractivity contribution in [2.75, 3.05) is 0 Å². The highest BCUT2D eigenvalue weighted by Gasteiger charge is 2.33. The van der Waals surface area contributed by atoms with E-state index in [4.69, 9.17) is 9.84 Å². The minimum atomic E-state index is -0.905. The predicted molar refractivity (Wildman–Crippen MR) is 63.0 cm³/mol. The molecule has 0 amide bonds. The molecule has 94 valence electrons. The fraction of sp³-hybridized carbons (Fsp3) is 0.417. The highest BCUT2D eigenvalue weighted by Crippen LogP contribution is 2.33. The van der Waals surface area contributed by atoms with Gasteiger partial charge in [-0.15, -0.1) is 0 Å². The molecule has 0 aliphatic carbocycles. The van der Waals surface area contributed by atoms with Crippen LogP contribution in [0.15, 0.2) is 18.5 Å². The van der Waals surface area contributed by atoms with E-state index in [0.717, 1.165) is 16.9 Å². The van der Waals surface area contributed by atoms with Gasteiger partial charge in [-0.2, -0.15) is 0 Å². The van der Waals surface area contributed by atoms with Gasteiger partial charge < -0.3 is 14.4 Å². The van der Waals surface area contributed by atoms with Crippen LogP contribution in [0.2, 0.25) is 0 Å². The summed E-state index contributed by atoms with van der Waals surface area (Å²) < 4.78 is 7.45. The van der Waals surface area contributed by atoms with E-state index in [1.54, 1.807) is 12.4 Å². The number of carboxylic acids is 1. The van der Waals surface area contributed by atoms with Gasteiger partial charge in [-0.3, -0.25) is 4.98 Å². The Morgan fingerprint density at radius 2 is 2.39 bits per heavy atom. The van der Waals surface area contributed by atoms with Gasteiger partial charge in [0.2, 0.25) is 0 Å². The smallest absolute Gasteiger partial charge is 0.332 e. The molecule has 1 aliphatic rings. The summed E-state index contributed by atoms with van der Waals surface area (Å²) in [6.45, 7) is 0. The van der Waals surface area contributed by atoms with Crippen LogP contribution in [0.3, 0.4) is 0 Å². The number of hydrogen-bond donors (Lipinski definition) is 1. The first-order valence-corrected chi connectivity index (χ1v) is 5.81. The molecule has 0 radical (unpaired) electrons. The summed E-state index contributed by atoms with van der Waals surface area (Å²) in [5.74, 6) is -0.139. The minimum absolute atomic E-state index is 0.247. The van der Waals surface area contributed by atoms with E-state index in [-0.39, 0.29) is 6.10 Å². The number of ether oxygens (including phenoxy) is 1. The summed E-state index contributed by atoms with van der Waals surface area (Å²) in [4.78, 5) is 19.4. The largest absolute Gasteiger partial charge is 0.479 e. The van der Waals surface area contributed by atoms with Crippen molar-refractivity contribution in [3.63, 3.8) is 0 Å². The monoisotopic (exact) mass is 247 g/mol. The van der Waals surface area contributed by atoms with E-state index >= 15 is 0 Å². The second-order valence-electron chi connectivity index (χ2n) is 4.42. The number of carboxylic acid groups (broad SMARTS) is 1. The van der Waals surface area contributed by atoms with Crippen molar-refractivity contribution in [3.8, 4) is 0 Å². The summed E-state index contributed by atoms with van der Waals surface area (Å²) in [6.07, 6.45) is 3.66. The minimum Gasteiger partial charge on any atom is -0.479 e. The van der Waals surface area contributed by atoms with Gasteiger partial charge >= 0.3 is 5.97 Å². The Hall–Kier alpha value is -1.95. The van der Waals surface area contributed by atoms with Crippen LogP contribution in [0.4, 0.5) is 0 Å². The van der Waals surface area contributed by atoms with E-state index in [2.05, 4.69) is 9.97 Å². The van der Waals surface area contributed by atoms with Gasteiger partial charge in [0.15, 0.2) is 6.10 Å². The molecule has 2 aromatic heterocycles. The number of imidazole rings is 1. The van der Waals surface area contributed by atoms with Gasteiger partial charge in [0.1, 0.15) is 17.4 Å². The molecular formula is C12H13N3O3. The van der Waals surface area contributed by atoms with Crippen molar-refractivity contribution in [2.45, 2.75) is 25.0 Å². The van der Waals surface area contributed by atoms with Crippen LogP contribution in [-0.4, -0.2) is 31.7 Å². The molecule has 3 heterocycles. The van der Waals surface area contributed by atoms with Crippen LogP contribution >= 0.6 is 0 Å². The maximum atomic E-state index is 10.9. The lowest BCUT2D eigenvalue weighted by Gasteiger charge is -2.10. The molecule has 1 N–H and O–H groups in total. The number of fused-ring (bicyclic) bond motifs is 1. The number of nitrogens with zero attached hydrogens (tertiary/aromatic N) is 3. The zero-order valence-electron chi connectivity index (χ0n) is 9.91. The molecule has 6 heteroatoms. The van der Waals surface area contributed by atoms with Crippen LogP contribution in [0.1, 0.15) is 24.8 Å². The zero-order valence-corrected chi connectivity index (χ0v) is 9.91. The normalized spacial score (nSPS) is 23.6. The number of aryl methyl sites for hydroxylation is 1. The molecule has 0 saturated carbocycles. The molecular weight excluding hydrogens is 234 g/mol. The Morgan fingerprint density at radius 1 is 1.56 bits per heavy atom. The molecule has 2 aromatic rings. The highest BCUT2D eigenvalue weighted by atomic mass is 16.5. The molecule has 0 bridgehead atoms. The van der Waals surface area contributed by atoms with Crippen molar-refractivity contribution in [1.29, 1.82) is 0 Å².